The molecular formula is C15H22N2O3S. The third-order valence-electron chi connectivity index (χ3n) is 4.00. The maximum absolute atomic E-state index is 12.0. The second-order valence-corrected chi connectivity index (χ2v) is 6.83. The molecule has 0 aliphatic heterocycles. The number of carbonyl (C=O) groups is 2. The molecular weight excluding hydrogens is 288 g/mol. The van der Waals surface area contributed by atoms with E-state index in [1.807, 2.05) is 24.4 Å². The van der Waals surface area contributed by atoms with E-state index in [0.29, 0.717) is 25.3 Å². The SMILES string of the molecule is CC1CCCC(NC(=O)NCCc2cccs2)(C(=O)O)C1. The third-order valence-corrected chi connectivity index (χ3v) is 4.93. The Bertz CT molecular complexity index is 489. The largest absolute Gasteiger partial charge is 0.480 e. The standard InChI is InChI=1S/C15H22N2O3S/c1-11-4-2-7-15(10-11,13(18)19)17-14(20)16-8-6-12-5-3-9-21-12/h3,5,9,11H,2,4,6-8,10H2,1H3,(H,18,19)(H2,16,17,20). The van der Waals surface area contributed by atoms with Gasteiger partial charge in [-0.2, -0.15) is 0 Å². The molecule has 2 rings (SSSR count). The van der Waals surface area contributed by atoms with Gasteiger partial charge < -0.3 is 15.7 Å². The molecule has 0 spiro atoms. The van der Waals surface area contributed by atoms with E-state index >= 15 is 0 Å². The van der Waals surface area contributed by atoms with Crippen LogP contribution in [0.15, 0.2) is 17.5 Å². The van der Waals surface area contributed by atoms with E-state index in [2.05, 4.69) is 10.6 Å². The summed E-state index contributed by atoms with van der Waals surface area (Å²) in [6, 6.07) is 3.61. The van der Waals surface area contributed by atoms with Crippen LogP contribution in [0.3, 0.4) is 0 Å². The minimum absolute atomic E-state index is 0.321. The average Bonchev–Trinajstić information content (AvgIpc) is 2.91. The summed E-state index contributed by atoms with van der Waals surface area (Å²) in [7, 11) is 0. The highest BCUT2D eigenvalue weighted by molar-refractivity contribution is 7.09. The van der Waals surface area contributed by atoms with Gasteiger partial charge in [-0.25, -0.2) is 9.59 Å². The molecule has 21 heavy (non-hydrogen) atoms. The van der Waals surface area contributed by atoms with Crippen molar-refractivity contribution in [3.8, 4) is 0 Å². The van der Waals surface area contributed by atoms with Crippen molar-refractivity contribution in [1.82, 2.24) is 10.6 Å². The van der Waals surface area contributed by atoms with Gasteiger partial charge in [0.2, 0.25) is 0 Å². The topological polar surface area (TPSA) is 78.4 Å². The number of carbonyl (C=O) groups excluding carboxylic acids is 1. The fourth-order valence-corrected chi connectivity index (χ4v) is 3.64. The van der Waals surface area contributed by atoms with E-state index in [4.69, 9.17) is 0 Å². The first-order chi connectivity index (χ1) is 10.0. The second kappa shape index (κ2) is 6.93. The van der Waals surface area contributed by atoms with Crippen molar-refractivity contribution in [2.75, 3.05) is 6.54 Å². The van der Waals surface area contributed by atoms with E-state index in [0.717, 1.165) is 19.3 Å². The third kappa shape index (κ3) is 4.20. The molecule has 0 radical (unpaired) electrons. The van der Waals surface area contributed by atoms with Crippen LogP contribution in [0.25, 0.3) is 0 Å². The Labute approximate surface area is 128 Å². The Morgan fingerprint density at radius 1 is 1.52 bits per heavy atom. The first kappa shape index (κ1) is 15.8. The smallest absolute Gasteiger partial charge is 0.329 e. The van der Waals surface area contributed by atoms with Crippen molar-refractivity contribution in [3.05, 3.63) is 22.4 Å². The van der Waals surface area contributed by atoms with Gasteiger partial charge in [0.15, 0.2) is 0 Å². The molecule has 1 aliphatic carbocycles. The van der Waals surface area contributed by atoms with E-state index in [1.165, 1.54) is 4.88 Å². The Balaban J connectivity index is 1.85. The van der Waals surface area contributed by atoms with Gasteiger partial charge in [-0.1, -0.05) is 25.8 Å². The molecule has 1 aromatic heterocycles. The number of amides is 2. The fourth-order valence-electron chi connectivity index (χ4n) is 2.93. The lowest BCUT2D eigenvalue weighted by Gasteiger charge is -2.37. The highest BCUT2D eigenvalue weighted by atomic mass is 32.1. The van der Waals surface area contributed by atoms with Crippen LogP contribution in [0, 0.1) is 5.92 Å². The predicted molar refractivity (Wildman–Crippen MR) is 82.6 cm³/mol. The molecule has 2 atom stereocenters. The number of rotatable bonds is 5. The molecule has 1 saturated carbocycles. The Morgan fingerprint density at radius 3 is 2.95 bits per heavy atom. The Hall–Kier alpha value is -1.56. The number of hydrogen-bond acceptors (Lipinski definition) is 3. The Kier molecular flexibility index (Phi) is 5.22. The molecule has 2 amide bonds. The van der Waals surface area contributed by atoms with Gasteiger partial charge in [0, 0.05) is 11.4 Å². The molecule has 0 aromatic carbocycles. The number of carboxylic acid groups (broad SMARTS) is 1. The first-order valence-corrected chi connectivity index (χ1v) is 8.21. The summed E-state index contributed by atoms with van der Waals surface area (Å²) in [5.41, 5.74) is -1.11. The van der Waals surface area contributed by atoms with Crippen LogP contribution in [0.5, 0.6) is 0 Å². The second-order valence-electron chi connectivity index (χ2n) is 5.80. The van der Waals surface area contributed by atoms with Crippen molar-refractivity contribution in [2.24, 2.45) is 5.92 Å². The zero-order chi connectivity index (χ0) is 15.3. The van der Waals surface area contributed by atoms with Crippen LogP contribution < -0.4 is 10.6 Å². The summed E-state index contributed by atoms with van der Waals surface area (Å²) in [4.78, 5) is 24.8. The number of thiophene rings is 1. The number of urea groups is 1. The van der Waals surface area contributed by atoms with Crippen molar-refractivity contribution in [2.45, 2.75) is 44.6 Å². The maximum Gasteiger partial charge on any atom is 0.329 e. The lowest BCUT2D eigenvalue weighted by molar-refractivity contribution is -0.146. The van der Waals surface area contributed by atoms with Crippen molar-refractivity contribution >= 4 is 23.3 Å². The molecule has 1 fully saturated rings. The first-order valence-electron chi connectivity index (χ1n) is 7.34. The molecule has 3 N–H and O–H groups in total. The molecule has 1 aliphatic rings. The van der Waals surface area contributed by atoms with Crippen molar-refractivity contribution in [3.63, 3.8) is 0 Å². The van der Waals surface area contributed by atoms with Crippen LogP contribution in [0.2, 0.25) is 0 Å². The number of nitrogens with one attached hydrogen (secondary N) is 2. The Morgan fingerprint density at radius 2 is 2.33 bits per heavy atom. The molecule has 5 nitrogen and oxygen atoms in total. The summed E-state index contributed by atoms with van der Waals surface area (Å²) in [6.45, 7) is 2.55. The molecule has 6 heteroatoms. The number of carboxylic acids is 1. The van der Waals surface area contributed by atoms with Gasteiger partial charge in [0.25, 0.3) is 0 Å². The maximum atomic E-state index is 12.0. The van der Waals surface area contributed by atoms with Crippen molar-refractivity contribution < 1.29 is 14.7 Å². The molecule has 1 aromatic rings. The summed E-state index contributed by atoms with van der Waals surface area (Å²) < 4.78 is 0. The predicted octanol–water partition coefficient (Wildman–Crippen LogP) is 2.62. The van der Waals surface area contributed by atoms with Crippen LogP contribution in [-0.4, -0.2) is 29.2 Å². The number of hydrogen-bond donors (Lipinski definition) is 3. The van der Waals surface area contributed by atoms with Gasteiger partial charge in [-0.3, -0.25) is 0 Å². The van der Waals surface area contributed by atoms with Crippen LogP contribution >= 0.6 is 11.3 Å². The molecule has 0 saturated heterocycles. The zero-order valence-electron chi connectivity index (χ0n) is 12.2. The van der Waals surface area contributed by atoms with E-state index in [-0.39, 0.29) is 6.03 Å². The summed E-state index contributed by atoms with van der Waals surface area (Å²) in [6.07, 6.45) is 3.63. The lowest BCUT2D eigenvalue weighted by atomic mass is 9.76. The summed E-state index contributed by atoms with van der Waals surface area (Å²) >= 11 is 1.65. The normalized spacial score (nSPS) is 25.3. The van der Waals surface area contributed by atoms with Crippen LogP contribution in [0.1, 0.15) is 37.5 Å². The average molecular weight is 310 g/mol. The molecule has 1 heterocycles. The minimum atomic E-state index is -1.11. The molecule has 116 valence electrons. The van der Waals surface area contributed by atoms with Crippen LogP contribution in [-0.2, 0) is 11.2 Å². The summed E-state index contributed by atoms with van der Waals surface area (Å²) in [5.74, 6) is -0.608. The van der Waals surface area contributed by atoms with Crippen molar-refractivity contribution in [1.29, 1.82) is 0 Å². The minimum Gasteiger partial charge on any atom is -0.480 e. The molecule has 0 bridgehead atoms. The van der Waals surface area contributed by atoms with E-state index < -0.39 is 11.5 Å². The van der Waals surface area contributed by atoms with E-state index in [1.54, 1.807) is 11.3 Å². The van der Waals surface area contributed by atoms with Gasteiger partial charge in [0.1, 0.15) is 5.54 Å². The highest BCUT2D eigenvalue weighted by Crippen LogP contribution is 2.32. The van der Waals surface area contributed by atoms with Gasteiger partial charge in [0.05, 0.1) is 0 Å². The van der Waals surface area contributed by atoms with E-state index in [9.17, 15) is 14.7 Å². The lowest BCUT2D eigenvalue weighted by Crippen LogP contribution is -2.59. The summed E-state index contributed by atoms with van der Waals surface area (Å²) in [5, 5.41) is 16.9. The highest BCUT2D eigenvalue weighted by Gasteiger charge is 2.43. The monoisotopic (exact) mass is 310 g/mol. The van der Waals surface area contributed by atoms with Gasteiger partial charge in [-0.15, -0.1) is 11.3 Å². The zero-order valence-corrected chi connectivity index (χ0v) is 13.0. The fraction of sp³-hybridized carbons (Fsp3) is 0.600. The molecule has 2 unspecified atom stereocenters. The quantitative estimate of drug-likeness (QED) is 0.782. The van der Waals surface area contributed by atoms with Crippen LogP contribution in [0.4, 0.5) is 4.79 Å². The number of aliphatic carboxylic acids is 1. The van der Waals surface area contributed by atoms with Gasteiger partial charge >= 0.3 is 12.0 Å². The van der Waals surface area contributed by atoms with Gasteiger partial charge in [-0.05, 0) is 36.6 Å².